The van der Waals surface area contributed by atoms with Gasteiger partial charge in [0.1, 0.15) is 10.6 Å². The molecule has 0 fully saturated rings. The lowest BCUT2D eigenvalue weighted by Gasteiger charge is -2.08. The van der Waals surface area contributed by atoms with Crippen LogP contribution in [-0.2, 0) is 23.8 Å². The van der Waals surface area contributed by atoms with Crippen LogP contribution in [0.25, 0.3) is 0 Å². The van der Waals surface area contributed by atoms with E-state index in [1.54, 1.807) is 0 Å². The highest BCUT2D eigenvalue weighted by Gasteiger charge is 2.21. The third-order valence-electron chi connectivity index (χ3n) is 2.77. The fourth-order valence-electron chi connectivity index (χ4n) is 1.62. The van der Waals surface area contributed by atoms with Crippen molar-refractivity contribution in [3.8, 4) is 0 Å². The van der Waals surface area contributed by atoms with Gasteiger partial charge in [-0.15, -0.1) is 0 Å². The Kier molecular flexibility index (Phi) is 6.25. The normalized spacial score (nSPS) is 11.0. The topological polar surface area (TPSA) is 125 Å². The van der Waals surface area contributed by atoms with Crippen molar-refractivity contribution in [2.24, 2.45) is 0 Å². The van der Waals surface area contributed by atoms with Crippen LogP contribution < -0.4 is 5.32 Å². The molecule has 0 aliphatic heterocycles. The number of rotatable bonds is 8. The van der Waals surface area contributed by atoms with Gasteiger partial charge in [0.05, 0.1) is 19.1 Å². The Balaban J connectivity index is 2.88. The van der Waals surface area contributed by atoms with Gasteiger partial charge in [0.2, 0.25) is 0 Å². The average Bonchev–Trinajstić information content (AvgIpc) is 2.50. The minimum Gasteiger partial charge on any atom is -0.469 e. The van der Waals surface area contributed by atoms with Gasteiger partial charge >= 0.3 is 5.97 Å². The predicted octanol–water partition coefficient (Wildman–Crippen LogP) is 1.29. The van der Waals surface area contributed by atoms with E-state index in [1.165, 1.54) is 19.2 Å². The number of nitrogens with one attached hydrogen (secondary N) is 1. The molecule has 0 aliphatic rings. The zero-order valence-corrected chi connectivity index (χ0v) is 12.9. The molecule has 1 rings (SSSR count). The first-order valence-corrected chi connectivity index (χ1v) is 7.62. The number of anilines is 1. The van der Waals surface area contributed by atoms with E-state index >= 15 is 0 Å². The Labute approximate surface area is 127 Å². The van der Waals surface area contributed by atoms with Gasteiger partial charge in [0.15, 0.2) is 0 Å². The van der Waals surface area contributed by atoms with Crippen LogP contribution in [0.2, 0.25) is 0 Å². The Bertz CT molecular complexity index is 657. The van der Waals surface area contributed by atoms with Crippen LogP contribution in [0.3, 0.4) is 0 Å². The van der Waals surface area contributed by atoms with E-state index in [4.69, 9.17) is 0 Å². The fraction of sp³-hybridized carbons (Fsp3) is 0.417. The van der Waals surface area contributed by atoms with E-state index in [0.29, 0.717) is 13.0 Å². The lowest BCUT2D eigenvalue weighted by Crippen LogP contribution is -2.09. The maximum atomic E-state index is 11.5. The number of nitro benzene ring substituents is 1. The molecule has 0 unspecified atom stereocenters. The van der Waals surface area contributed by atoms with Gasteiger partial charge in [-0.1, -0.05) is 0 Å². The van der Waals surface area contributed by atoms with Crippen LogP contribution in [-0.4, -0.2) is 40.1 Å². The molecule has 0 saturated carbocycles. The molecular weight excluding hydrogens is 316 g/mol. The molecular formula is C12H16N2O7S. The van der Waals surface area contributed by atoms with Gasteiger partial charge < -0.3 is 10.1 Å². The number of benzene rings is 1. The van der Waals surface area contributed by atoms with Crippen molar-refractivity contribution in [3.63, 3.8) is 0 Å². The number of nitrogens with zero attached hydrogens (tertiary/aromatic N) is 1. The summed E-state index contributed by atoms with van der Waals surface area (Å²) in [6.07, 6.45) is 0.593. The lowest BCUT2D eigenvalue weighted by atomic mass is 10.2. The van der Waals surface area contributed by atoms with E-state index in [2.05, 4.69) is 14.2 Å². The summed E-state index contributed by atoms with van der Waals surface area (Å²) in [4.78, 5) is 21.0. The molecule has 9 nitrogen and oxygen atoms in total. The quantitative estimate of drug-likeness (QED) is 0.248. The molecule has 0 radical (unpaired) electrons. The maximum Gasteiger partial charge on any atom is 0.305 e. The molecule has 0 atom stereocenters. The minimum absolute atomic E-state index is 0.157. The number of esters is 1. The predicted molar refractivity (Wildman–Crippen MR) is 77.0 cm³/mol. The highest BCUT2D eigenvalue weighted by molar-refractivity contribution is 7.86. The van der Waals surface area contributed by atoms with Gasteiger partial charge in [-0.2, -0.15) is 8.42 Å². The van der Waals surface area contributed by atoms with Gasteiger partial charge in [0, 0.05) is 19.0 Å². The van der Waals surface area contributed by atoms with E-state index in [9.17, 15) is 23.3 Å². The molecule has 0 bridgehead atoms. The monoisotopic (exact) mass is 332 g/mol. The Morgan fingerprint density at radius 1 is 1.36 bits per heavy atom. The van der Waals surface area contributed by atoms with E-state index < -0.39 is 20.7 Å². The second-order valence-corrected chi connectivity index (χ2v) is 5.88. The van der Waals surface area contributed by atoms with Crippen molar-refractivity contribution in [1.82, 2.24) is 0 Å². The van der Waals surface area contributed by atoms with Crippen LogP contribution in [0.15, 0.2) is 23.1 Å². The van der Waals surface area contributed by atoms with Crippen LogP contribution in [0.4, 0.5) is 11.4 Å². The van der Waals surface area contributed by atoms with Crippen LogP contribution >= 0.6 is 0 Å². The second-order valence-electron chi connectivity index (χ2n) is 4.16. The summed E-state index contributed by atoms with van der Waals surface area (Å²) in [6, 6.07) is 3.40. The smallest absolute Gasteiger partial charge is 0.305 e. The average molecular weight is 332 g/mol. The second kappa shape index (κ2) is 7.71. The molecule has 0 aliphatic carbocycles. The Morgan fingerprint density at radius 2 is 2.05 bits per heavy atom. The zero-order valence-electron chi connectivity index (χ0n) is 12.1. The third kappa shape index (κ3) is 4.67. The number of ether oxygens (including phenoxy) is 1. The first kappa shape index (κ1) is 17.9. The van der Waals surface area contributed by atoms with Gasteiger partial charge in [-0.25, -0.2) is 0 Å². The number of nitro groups is 1. The Morgan fingerprint density at radius 3 is 2.59 bits per heavy atom. The molecule has 1 aromatic rings. The van der Waals surface area contributed by atoms with E-state index in [0.717, 1.165) is 13.2 Å². The van der Waals surface area contributed by atoms with Crippen LogP contribution in [0, 0.1) is 10.1 Å². The van der Waals surface area contributed by atoms with E-state index in [-0.39, 0.29) is 23.0 Å². The standard InChI is InChI=1S/C12H16N2O7S/c1-20-12(15)4-3-7-13-10-6-5-9(22(18,19)21-2)8-11(10)14(16)17/h5-6,8,13H,3-4,7H2,1-2H3. The largest absolute Gasteiger partial charge is 0.469 e. The number of carbonyl (C=O) groups is 1. The molecule has 122 valence electrons. The Hall–Kier alpha value is -2.20. The molecule has 0 spiro atoms. The summed E-state index contributed by atoms with van der Waals surface area (Å²) in [6.45, 7) is 0.298. The van der Waals surface area contributed by atoms with Crippen molar-refractivity contribution >= 4 is 27.5 Å². The number of hydrogen-bond acceptors (Lipinski definition) is 8. The van der Waals surface area contributed by atoms with Gasteiger partial charge in [0.25, 0.3) is 15.8 Å². The molecule has 22 heavy (non-hydrogen) atoms. The number of methoxy groups -OCH3 is 1. The summed E-state index contributed by atoms with van der Waals surface area (Å²) in [5.74, 6) is -0.377. The minimum atomic E-state index is -4.00. The third-order valence-corrected chi connectivity index (χ3v) is 4.04. The summed E-state index contributed by atoms with van der Waals surface area (Å²) in [7, 11) is -1.76. The summed E-state index contributed by atoms with van der Waals surface area (Å²) >= 11 is 0. The summed E-state index contributed by atoms with van der Waals surface area (Å²) < 4.78 is 31.9. The van der Waals surface area contributed by atoms with Gasteiger partial charge in [-0.05, 0) is 18.6 Å². The molecule has 0 heterocycles. The van der Waals surface area contributed by atoms with Crippen molar-refractivity contribution in [2.45, 2.75) is 17.7 Å². The first-order valence-electron chi connectivity index (χ1n) is 6.21. The number of carbonyl (C=O) groups excluding carboxylic acids is 1. The summed E-state index contributed by atoms with van der Waals surface area (Å²) in [5, 5.41) is 13.8. The molecule has 1 aromatic carbocycles. The zero-order chi connectivity index (χ0) is 16.8. The molecule has 10 heteroatoms. The fourth-order valence-corrected chi connectivity index (χ4v) is 2.30. The highest BCUT2D eigenvalue weighted by atomic mass is 32.2. The molecule has 0 saturated heterocycles. The molecule has 1 N–H and O–H groups in total. The first-order chi connectivity index (χ1) is 10.3. The molecule has 0 amide bonds. The molecule has 0 aromatic heterocycles. The van der Waals surface area contributed by atoms with Crippen LogP contribution in [0.5, 0.6) is 0 Å². The van der Waals surface area contributed by atoms with Crippen LogP contribution in [0.1, 0.15) is 12.8 Å². The van der Waals surface area contributed by atoms with E-state index in [1.807, 2.05) is 0 Å². The summed E-state index contributed by atoms with van der Waals surface area (Å²) in [5.41, 5.74) is -0.235. The van der Waals surface area contributed by atoms with Crippen molar-refractivity contribution in [3.05, 3.63) is 28.3 Å². The van der Waals surface area contributed by atoms with Crippen molar-refractivity contribution in [1.29, 1.82) is 0 Å². The van der Waals surface area contributed by atoms with Gasteiger partial charge in [-0.3, -0.25) is 19.1 Å². The highest BCUT2D eigenvalue weighted by Crippen LogP contribution is 2.28. The lowest BCUT2D eigenvalue weighted by molar-refractivity contribution is -0.384. The van der Waals surface area contributed by atoms with Crippen molar-refractivity contribution in [2.75, 3.05) is 26.1 Å². The number of hydrogen-bond donors (Lipinski definition) is 1. The SMILES string of the molecule is COC(=O)CCCNc1ccc(S(=O)(=O)OC)cc1[N+](=O)[O-]. The maximum absolute atomic E-state index is 11.5. The van der Waals surface area contributed by atoms with Crippen molar-refractivity contribution < 1.29 is 27.1 Å².